The van der Waals surface area contributed by atoms with Gasteiger partial charge in [-0.3, -0.25) is 4.79 Å². The molecule has 2 aromatic rings. The number of benzene rings is 2. The third-order valence-corrected chi connectivity index (χ3v) is 3.77. The number of allylic oxidation sites excluding steroid dienone is 1. The van der Waals surface area contributed by atoms with E-state index in [4.69, 9.17) is 4.74 Å². The van der Waals surface area contributed by atoms with E-state index in [0.29, 0.717) is 16.7 Å². The molecule has 0 aliphatic heterocycles. The molecule has 0 saturated heterocycles. The highest BCUT2D eigenvalue weighted by Crippen LogP contribution is 2.33. The minimum absolute atomic E-state index is 0.00302. The van der Waals surface area contributed by atoms with Crippen molar-refractivity contribution in [2.24, 2.45) is 4.99 Å². The van der Waals surface area contributed by atoms with Crippen molar-refractivity contribution in [3.8, 4) is 0 Å². The quantitative estimate of drug-likeness (QED) is 0.805. The number of amides is 1. The third kappa shape index (κ3) is 3.42. The summed E-state index contributed by atoms with van der Waals surface area (Å²) in [6, 6.07) is 15.5. The first kappa shape index (κ1) is 17.6. The van der Waals surface area contributed by atoms with Gasteiger partial charge in [0.15, 0.2) is 5.78 Å². The second-order valence-electron chi connectivity index (χ2n) is 6.91. The van der Waals surface area contributed by atoms with E-state index in [1.807, 2.05) is 6.07 Å². The summed E-state index contributed by atoms with van der Waals surface area (Å²) >= 11 is 0. The lowest BCUT2D eigenvalue weighted by molar-refractivity contribution is 0.0604. The van der Waals surface area contributed by atoms with Gasteiger partial charge in [-0.2, -0.15) is 4.99 Å². The highest BCUT2D eigenvalue weighted by molar-refractivity contribution is 6.40. The number of aliphatic imine (C=N–C) groups is 1. The van der Waals surface area contributed by atoms with Crippen LogP contribution in [-0.2, 0) is 4.74 Å². The topological polar surface area (TPSA) is 76.0 Å². The molecule has 1 amide bonds. The van der Waals surface area contributed by atoms with Crippen LogP contribution in [0.2, 0.25) is 0 Å². The standard InChI is InChI=1S/C21H19NO4/c1-21(2,3)26-20(25)22-17(13-9-5-4-6-10-13)16-18(23)14-11-7-8-12-15(14)19(16)24/h4-12,23H,1-3H3. The second kappa shape index (κ2) is 6.59. The van der Waals surface area contributed by atoms with Crippen molar-refractivity contribution in [2.75, 3.05) is 0 Å². The Labute approximate surface area is 151 Å². The second-order valence-corrected chi connectivity index (χ2v) is 6.91. The van der Waals surface area contributed by atoms with Crippen LogP contribution < -0.4 is 0 Å². The molecule has 0 heterocycles. The summed E-state index contributed by atoms with van der Waals surface area (Å²) < 4.78 is 5.25. The van der Waals surface area contributed by atoms with Crippen molar-refractivity contribution in [3.63, 3.8) is 0 Å². The van der Waals surface area contributed by atoms with Crippen molar-refractivity contribution in [3.05, 3.63) is 76.9 Å². The van der Waals surface area contributed by atoms with Crippen molar-refractivity contribution in [1.29, 1.82) is 0 Å². The van der Waals surface area contributed by atoms with E-state index in [1.165, 1.54) is 0 Å². The molecule has 5 nitrogen and oxygen atoms in total. The Hall–Kier alpha value is -3.21. The molecule has 0 saturated carbocycles. The average Bonchev–Trinajstić information content (AvgIpc) is 2.84. The van der Waals surface area contributed by atoms with E-state index in [-0.39, 0.29) is 22.8 Å². The molecule has 1 aliphatic rings. The maximum absolute atomic E-state index is 12.8. The molecule has 26 heavy (non-hydrogen) atoms. The molecular formula is C21H19NO4. The van der Waals surface area contributed by atoms with Crippen LogP contribution in [0.5, 0.6) is 0 Å². The van der Waals surface area contributed by atoms with Crippen molar-refractivity contribution < 1.29 is 19.4 Å². The molecule has 0 aromatic heterocycles. The zero-order valence-electron chi connectivity index (χ0n) is 14.8. The van der Waals surface area contributed by atoms with Crippen LogP contribution in [0.4, 0.5) is 4.79 Å². The minimum atomic E-state index is -0.819. The molecule has 0 fully saturated rings. The van der Waals surface area contributed by atoms with E-state index in [1.54, 1.807) is 69.3 Å². The normalized spacial score (nSPS) is 14.4. The molecule has 2 aromatic carbocycles. The average molecular weight is 349 g/mol. The summed E-state index contributed by atoms with van der Waals surface area (Å²) in [4.78, 5) is 29.1. The molecule has 0 atom stereocenters. The van der Waals surface area contributed by atoms with Gasteiger partial charge in [-0.1, -0.05) is 54.6 Å². The van der Waals surface area contributed by atoms with Crippen LogP contribution in [-0.4, -0.2) is 28.3 Å². The molecule has 3 rings (SSSR count). The number of hydrogen-bond donors (Lipinski definition) is 1. The van der Waals surface area contributed by atoms with Crippen LogP contribution in [0.1, 0.15) is 42.3 Å². The lowest BCUT2D eigenvalue weighted by Gasteiger charge is -2.18. The van der Waals surface area contributed by atoms with Crippen LogP contribution in [0.15, 0.2) is 65.2 Å². The first-order valence-corrected chi connectivity index (χ1v) is 8.23. The lowest BCUT2D eigenvalue weighted by atomic mass is 9.99. The summed E-state index contributed by atoms with van der Waals surface area (Å²) in [6.45, 7) is 5.20. The predicted molar refractivity (Wildman–Crippen MR) is 99.5 cm³/mol. The molecule has 5 heteroatoms. The SMILES string of the molecule is CC(C)(C)OC(=O)N=C(C1=C(O)c2ccccc2C1=O)c1ccccc1. The number of rotatable bonds is 2. The van der Waals surface area contributed by atoms with Gasteiger partial charge in [0, 0.05) is 16.7 Å². The van der Waals surface area contributed by atoms with E-state index in [2.05, 4.69) is 4.99 Å². The molecule has 0 radical (unpaired) electrons. The number of Topliss-reactive ketones (excluding diaryl/α,β-unsaturated/α-hetero) is 1. The molecule has 132 valence electrons. The molecule has 1 N–H and O–H groups in total. The number of ketones is 1. The first-order valence-electron chi connectivity index (χ1n) is 8.23. The zero-order valence-corrected chi connectivity index (χ0v) is 14.8. The van der Waals surface area contributed by atoms with E-state index < -0.39 is 11.7 Å². The molecular weight excluding hydrogens is 330 g/mol. The highest BCUT2D eigenvalue weighted by Gasteiger charge is 2.34. The zero-order chi connectivity index (χ0) is 18.9. The number of aliphatic hydroxyl groups excluding tert-OH is 1. The fraction of sp³-hybridized carbons (Fsp3) is 0.190. The Morgan fingerprint density at radius 3 is 2.12 bits per heavy atom. The number of nitrogens with zero attached hydrogens (tertiary/aromatic N) is 1. The van der Waals surface area contributed by atoms with E-state index in [9.17, 15) is 14.7 Å². The number of fused-ring (bicyclic) bond motifs is 1. The van der Waals surface area contributed by atoms with Gasteiger partial charge in [0.25, 0.3) is 0 Å². The molecule has 0 unspecified atom stereocenters. The Balaban J connectivity index is 2.13. The minimum Gasteiger partial charge on any atom is -0.506 e. The number of hydrogen-bond acceptors (Lipinski definition) is 4. The van der Waals surface area contributed by atoms with Gasteiger partial charge in [-0.25, -0.2) is 4.79 Å². The van der Waals surface area contributed by atoms with Gasteiger partial charge in [-0.15, -0.1) is 0 Å². The van der Waals surface area contributed by atoms with Crippen LogP contribution in [0.3, 0.4) is 0 Å². The van der Waals surface area contributed by atoms with Gasteiger partial charge >= 0.3 is 6.09 Å². The third-order valence-electron chi connectivity index (χ3n) is 3.77. The van der Waals surface area contributed by atoms with Gasteiger partial charge in [0.1, 0.15) is 11.4 Å². The maximum atomic E-state index is 12.8. The number of aliphatic hydroxyl groups is 1. The Morgan fingerprint density at radius 1 is 0.962 bits per heavy atom. The smallest absolute Gasteiger partial charge is 0.434 e. The van der Waals surface area contributed by atoms with Crippen LogP contribution >= 0.6 is 0 Å². The summed E-state index contributed by atoms with van der Waals surface area (Å²) in [5.41, 5.74) is 0.734. The van der Waals surface area contributed by atoms with E-state index >= 15 is 0 Å². The highest BCUT2D eigenvalue weighted by atomic mass is 16.6. The van der Waals surface area contributed by atoms with Gasteiger partial charge in [-0.05, 0) is 20.8 Å². The predicted octanol–water partition coefficient (Wildman–Crippen LogP) is 4.58. The lowest BCUT2D eigenvalue weighted by Crippen LogP contribution is -2.23. The van der Waals surface area contributed by atoms with Crippen molar-refractivity contribution >= 4 is 23.3 Å². The Kier molecular flexibility index (Phi) is 4.47. The monoisotopic (exact) mass is 349 g/mol. The van der Waals surface area contributed by atoms with Crippen molar-refractivity contribution in [2.45, 2.75) is 26.4 Å². The summed E-state index contributed by atoms with van der Waals surface area (Å²) in [7, 11) is 0. The molecule has 0 spiro atoms. The number of ether oxygens (including phenoxy) is 1. The van der Waals surface area contributed by atoms with Crippen LogP contribution in [0, 0.1) is 0 Å². The maximum Gasteiger partial charge on any atom is 0.434 e. The fourth-order valence-electron chi connectivity index (χ4n) is 2.72. The molecule has 0 bridgehead atoms. The Bertz CT molecular complexity index is 934. The fourth-order valence-corrected chi connectivity index (χ4v) is 2.72. The largest absolute Gasteiger partial charge is 0.506 e. The molecule has 1 aliphatic carbocycles. The summed E-state index contributed by atoms with van der Waals surface area (Å²) in [5, 5.41) is 10.6. The van der Waals surface area contributed by atoms with E-state index in [0.717, 1.165) is 0 Å². The summed E-state index contributed by atoms with van der Waals surface area (Å²) in [5.74, 6) is -0.555. The van der Waals surface area contributed by atoms with Gasteiger partial charge in [0.05, 0.1) is 11.3 Å². The number of carbonyl (C=O) groups is 2. The van der Waals surface area contributed by atoms with Crippen LogP contribution in [0.25, 0.3) is 5.76 Å². The Morgan fingerprint density at radius 2 is 1.54 bits per heavy atom. The summed E-state index contributed by atoms with van der Waals surface area (Å²) in [6.07, 6.45) is -0.819. The first-order chi connectivity index (χ1) is 12.3. The van der Waals surface area contributed by atoms with Gasteiger partial charge < -0.3 is 9.84 Å². The van der Waals surface area contributed by atoms with Gasteiger partial charge in [0.2, 0.25) is 0 Å². The number of carbonyl (C=O) groups excluding carboxylic acids is 2. The van der Waals surface area contributed by atoms with Crippen molar-refractivity contribution in [1.82, 2.24) is 0 Å².